The van der Waals surface area contributed by atoms with Gasteiger partial charge in [-0.1, -0.05) is 6.92 Å². The standard InChI is InChI=1S/C12H19N3O2S/c1-2-18-8-5-15-12(16)9-11(10-13-15)14-3-6-17-7-4-14/h9-10H,2-8H2,1H3. The van der Waals surface area contributed by atoms with Crippen molar-refractivity contribution in [3.8, 4) is 0 Å². The summed E-state index contributed by atoms with van der Waals surface area (Å²) < 4.78 is 6.83. The van der Waals surface area contributed by atoms with Gasteiger partial charge in [-0.3, -0.25) is 4.79 Å². The van der Waals surface area contributed by atoms with Crippen molar-refractivity contribution in [3.63, 3.8) is 0 Å². The third-order valence-corrected chi connectivity index (χ3v) is 3.76. The Morgan fingerprint density at radius 1 is 1.44 bits per heavy atom. The molecular formula is C12H19N3O2S. The molecule has 1 saturated heterocycles. The molecule has 100 valence electrons. The van der Waals surface area contributed by atoms with E-state index in [1.165, 1.54) is 4.68 Å². The van der Waals surface area contributed by atoms with Gasteiger partial charge in [-0.05, 0) is 5.75 Å². The third kappa shape index (κ3) is 3.49. The lowest BCUT2D eigenvalue weighted by atomic mass is 10.3. The molecule has 0 atom stereocenters. The SMILES string of the molecule is CCSCCn1ncc(N2CCOCC2)cc1=O. The number of aromatic nitrogens is 2. The Balaban J connectivity index is 2.02. The first-order valence-electron chi connectivity index (χ1n) is 6.29. The molecule has 0 spiro atoms. The molecule has 1 aliphatic rings. The van der Waals surface area contributed by atoms with Crippen molar-refractivity contribution in [2.24, 2.45) is 0 Å². The van der Waals surface area contributed by atoms with Gasteiger partial charge in [0.25, 0.3) is 5.56 Å². The first-order valence-corrected chi connectivity index (χ1v) is 7.44. The molecule has 2 heterocycles. The molecule has 0 bridgehead atoms. The molecule has 18 heavy (non-hydrogen) atoms. The second kappa shape index (κ2) is 6.80. The summed E-state index contributed by atoms with van der Waals surface area (Å²) in [5, 5.41) is 4.23. The van der Waals surface area contributed by atoms with Crippen molar-refractivity contribution < 1.29 is 4.74 Å². The molecular weight excluding hydrogens is 250 g/mol. The molecule has 0 saturated carbocycles. The molecule has 0 radical (unpaired) electrons. The van der Waals surface area contributed by atoms with E-state index in [1.807, 2.05) is 11.8 Å². The van der Waals surface area contributed by atoms with E-state index in [-0.39, 0.29) is 5.56 Å². The average molecular weight is 269 g/mol. The molecule has 5 nitrogen and oxygen atoms in total. The molecule has 6 heteroatoms. The maximum atomic E-state index is 11.9. The second-order valence-electron chi connectivity index (χ2n) is 4.07. The minimum atomic E-state index is -0.0179. The Hall–Kier alpha value is -1.01. The molecule has 0 N–H and O–H groups in total. The fourth-order valence-corrected chi connectivity index (χ4v) is 2.47. The summed E-state index contributed by atoms with van der Waals surface area (Å²) in [5.74, 6) is 2.00. The van der Waals surface area contributed by atoms with Crippen LogP contribution in [0.2, 0.25) is 0 Å². The van der Waals surface area contributed by atoms with E-state index in [0.29, 0.717) is 6.54 Å². The predicted octanol–water partition coefficient (Wildman–Crippen LogP) is 0.833. The van der Waals surface area contributed by atoms with Crippen LogP contribution >= 0.6 is 11.8 Å². The van der Waals surface area contributed by atoms with Crippen LogP contribution in [0.25, 0.3) is 0 Å². The Morgan fingerprint density at radius 2 is 2.22 bits per heavy atom. The predicted molar refractivity (Wildman–Crippen MR) is 74.5 cm³/mol. The second-order valence-corrected chi connectivity index (χ2v) is 5.47. The van der Waals surface area contributed by atoms with Crippen molar-refractivity contribution in [1.29, 1.82) is 0 Å². The Bertz CT molecular complexity index is 430. The quantitative estimate of drug-likeness (QED) is 0.741. The van der Waals surface area contributed by atoms with Gasteiger partial charge in [-0.2, -0.15) is 16.9 Å². The molecule has 0 aromatic carbocycles. The van der Waals surface area contributed by atoms with E-state index >= 15 is 0 Å². The average Bonchev–Trinajstić information content (AvgIpc) is 2.42. The number of aryl methyl sites for hydroxylation is 1. The van der Waals surface area contributed by atoms with Gasteiger partial charge >= 0.3 is 0 Å². The number of morpholine rings is 1. The monoisotopic (exact) mass is 269 g/mol. The van der Waals surface area contributed by atoms with Crippen LogP contribution in [0, 0.1) is 0 Å². The maximum Gasteiger partial charge on any atom is 0.268 e. The smallest absolute Gasteiger partial charge is 0.268 e. The number of hydrogen-bond donors (Lipinski definition) is 0. The van der Waals surface area contributed by atoms with E-state index in [2.05, 4.69) is 16.9 Å². The molecule has 1 fully saturated rings. The molecule has 0 aliphatic carbocycles. The zero-order valence-corrected chi connectivity index (χ0v) is 11.5. The van der Waals surface area contributed by atoms with Gasteiger partial charge in [-0.15, -0.1) is 0 Å². The number of nitrogens with zero attached hydrogens (tertiary/aromatic N) is 3. The van der Waals surface area contributed by atoms with Gasteiger partial charge in [0.2, 0.25) is 0 Å². The highest BCUT2D eigenvalue weighted by atomic mass is 32.2. The van der Waals surface area contributed by atoms with Gasteiger partial charge in [0.05, 0.1) is 31.6 Å². The summed E-state index contributed by atoms with van der Waals surface area (Å²) in [7, 11) is 0. The van der Waals surface area contributed by atoms with Crippen LogP contribution in [0.1, 0.15) is 6.92 Å². The normalized spacial score (nSPS) is 15.9. The summed E-state index contributed by atoms with van der Waals surface area (Å²) in [5.41, 5.74) is 0.887. The fourth-order valence-electron chi connectivity index (χ4n) is 1.88. The van der Waals surface area contributed by atoms with Crippen molar-refractivity contribution in [1.82, 2.24) is 9.78 Å². The number of hydrogen-bond acceptors (Lipinski definition) is 5. The van der Waals surface area contributed by atoms with Gasteiger partial charge in [0, 0.05) is 24.9 Å². The third-order valence-electron chi connectivity index (χ3n) is 2.88. The topological polar surface area (TPSA) is 47.4 Å². The summed E-state index contributed by atoms with van der Waals surface area (Å²) in [6.07, 6.45) is 1.78. The van der Waals surface area contributed by atoms with Crippen molar-refractivity contribution in [3.05, 3.63) is 22.6 Å². The van der Waals surface area contributed by atoms with E-state index in [1.54, 1.807) is 12.3 Å². The zero-order valence-electron chi connectivity index (χ0n) is 10.7. The maximum absolute atomic E-state index is 11.9. The number of anilines is 1. The summed E-state index contributed by atoms with van der Waals surface area (Å²) in [6.45, 7) is 5.89. The fraction of sp³-hybridized carbons (Fsp3) is 0.667. The van der Waals surface area contributed by atoms with Crippen molar-refractivity contribution >= 4 is 17.4 Å². The van der Waals surface area contributed by atoms with Crippen LogP contribution < -0.4 is 10.5 Å². The van der Waals surface area contributed by atoms with E-state index in [9.17, 15) is 4.79 Å². The van der Waals surface area contributed by atoms with Crippen LogP contribution in [0.5, 0.6) is 0 Å². The molecule has 0 unspecified atom stereocenters. The first kappa shape index (κ1) is 13.4. The number of thioether (sulfide) groups is 1. The van der Waals surface area contributed by atoms with Gasteiger partial charge in [-0.25, -0.2) is 4.68 Å². The van der Waals surface area contributed by atoms with Crippen molar-refractivity contribution in [2.45, 2.75) is 13.5 Å². The van der Waals surface area contributed by atoms with E-state index in [4.69, 9.17) is 4.74 Å². The molecule has 1 aliphatic heterocycles. The Morgan fingerprint density at radius 3 is 2.89 bits per heavy atom. The van der Waals surface area contributed by atoms with Crippen LogP contribution in [0.15, 0.2) is 17.1 Å². The minimum Gasteiger partial charge on any atom is -0.378 e. The van der Waals surface area contributed by atoms with E-state index < -0.39 is 0 Å². The largest absolute Gasteiger partial charge is 0.378 e. The molecule has 0 amide bonds. The van der Waals surface area contributed by atoms with Gasteiger partial charge in [0.15, 0.2) is 0 Å². The summed E-state index contributed by atoms with van der Waals surface area (Å²) >= 11 is 1.82. The molecule has 2 rings (SSSR count). The lowest BCUT2D eigenvalue weighted by Gasteiger charge is -2.28. The van der Waals surface area contributed by atoms with E-state index in [0.717, 1.165) is 43.5 Å². The minimum absolute atomic E-state index is 0.0179. The highest BCUT2D eigenvalue weighted by Gasteiger charge is 2.12. The Labute approximate surface area is 111 Å². The van der Waals surface area contributed by atoms with Gasteiger partial charge < -0.3 is 9.64 Å². The molecule has 1 aromatic heterocycles. The van der Waals surface area contributed by atoms with Crippen LogP contribution in [-0.4, -0.2) is 47.6 Å². The van der Waals surface area contributed by atoms with Crippen molar-refractivity contribution in [2.75, 3.05) is 42.7 Å². The lowest BCUT2D eigenvalue weighted by Crippen LogP contribution is -2.37. The number of ether oxygens (including phenoxy) is 1. The first-order chi connectivity index (χ1) is 8.81. The number of rotatable bonds is 5. The van der Waals surface area contributed by atoms with Crippen LogP contribution in [0.4, 0.5) is 5.69 Å². The zero-order chi connectivity index (χ0) is 12.8. The summed E-state index contributed by atoms with van der Waals surface area (Å²) in [6, 6.07) is 1.68. The molecule has 1 aromatic rings. The highest BCUT2D eigenvalue weighted by Crippen LogP contribution is 2.11. The van der Waals surface area contributed by atoms with Gasteiger partial charge in [0.1, 0.15) is 0 Å². The van der Waals surface area contributed by atoms with Crippen LogP contribution in [-0.2, 0) is 11.3 Å². The highest BCUT2D eigenvalue weighted by molar-refractivity contribution is 7.99. The summed E-state index contributed by atoms with van der Waals surface area (Å²) in [4.78, 5) is 14.1. The Kier molecular flexibility index (Phi) is 5.07. The van der Waals surface area contributed by atoms with Crippen LogP contribution in [0.3, 0.4) is 0 Å². The lowest BCUT2D eigenvalue weighted by molar-refractivity contribution is 0.122.